The van der Waals surface area contributed by atoms with Crippen molar-refractivity contribution in [3.8, 4) is 0 Å². The minimum atomic E-state index is -0.195. The summed E-state index contributed by atoms with van der Waals surface area (Å²) in [5.41, 5.74) is 2.28. The zero-order chi connectivity index (χ0) is 21.4. The molecule has 1 aliphatic carbocycles. The molecule has 8 heteroatoms. The summed E-state index contributed by atoms with van der Waals surface area (Å²) in [5, 5.41) is 4.14. The van der Waals surface area contributed by atoms with E-state index in [0.29, 0.717) is 24.1 Å². The number of rotatable bonds is 3. The number of likely N-dealkylation sites (tertiary alicyclic amines) is 1. The molecule has 1 saturated heterocycles. The van der Waals surface area contributed by atoms with Gasteiger partial charge in [0.2, 0.25) is 0 Å². The molecule has 2 aromatic heterocycles. The summed E-state index contributed by atoms with van der Waals surface area (Å²) in [6.07, 6.45) is 11.6. The average molecular weight is 425 g/mol. The number of hydrogen-bond acceptors (Lipinski definition) is 5. The van der Waals surface area contributed by atoms with Gasteiger partial charge >= 0.3 is 0 Å². The Bertz CT molecular complexity index is 1010. The van der Waals surface area contributed by atoms with Gasteiger partial charge in [-0.05, 0) is 44.6 Å². The van der Waals surface area contributed by atoms with Crippen molar-refractivity contribution in [3.05, 3.63) is 45.4 Å². The molecule has 4 heterocycles. The summed E-state index contributed by atoms with van der Waals surface area (Å²) in [7, 11) is 1.78. The van der Waals surface area contributed by atoms with Crippen LogP contribution in [0, 0.1) is 0 Å². The zero-order valence-corrected chi connectivity index (χ0v) is 18.3. The van der Waals surface area contributed by atoms with E-state index in [4.69, 9.17) is 4.98 Å². The maximum atomic E-state index is 13.2. The molecule has 0 spiro atoms. The van der Waals surface area contributed by atoms with Crippen molar-refractivity contribution in [1.29, 1.82) is 0 Å². The Kier molecular flexibility index (Phi) is 5.65. The number of carbonyl (C=O) groups excluding carboxylic acids is 1. The van der Waals surface area contributed by atoms with Gasteiger partial charge in [0.05, 0.1) is 11.7 Å². The molecule has 0 radical (unpaired) electrons. The van der Waals surface area contributed by atoms with E-state index in [1.807, 2.05) is 4.90 Å². The van der Waals surface area contributed by atoms with Crippen LogP contribution in [0.1, 0.15) is 85.0 Å². The first kappa shape index (κ1) is 20.4. The summed E-state index contributed by atoms with van der Waals surface area (Å²) >= 11 is 0. The van der Waals surface area contributed by atoms with Gasteiger partial charge in [-0.3, -0.25) is 19.2 Å². The fraction of sp³-hybridized carbons (Fsp3) is 0.652. The fourth-order valence-corrected chi connectivity index (χ4v) is 5.58. The SMILES string of the molecule is Cn1nccc1C(=O)N1CCCCC1c1nc2c(c(=O)[nH]1)CCN(C1CCCCC1)C2. The molecular formula is C23H32N6O2. The number of aryl methyl sites for hydroxylation is 1. The van der Waals surface area contributed by atoms with E-state index in [1.165, 1.54) is 32.1 Å². The molecule has 1 amide bonds. The van der Waals surface area contributed by atoms with Gasteiger partial charge in [0.25, 0.3) is 11.5 Å². The van der Waals surface area contributed by atoms with E-state index in [0.717, 1.165) is 50.0 Å². The van der Waals surface area contributed by atoms with Crippen molar-refractivity contribution in [2.45, 2.75) is 76.4 Å². The third-order valence-electron chi connectivity index (χ3n) is 7.33. The highest BCUT2D eigenvalue weighted by atomic mass is 16.2. The number of piperidine rings is 1. The number of H-pyrrole nitrogens is 1. The summed E-state index contributed by atoms with van der Waals surface area (Å²) in [6, 6.07) is 2.17. The van der Waals surface area contributed by atoms with E-state index in [-0.39, 0.29) is 17.5 Å². The Balaban J connectivity index is 1.43. The number of hydrogen-bond donors (Lipinski definition) is 1. The zero-order valence-electron chi connectivity index (χ0n) is 18.3. The van der Waals surface area contributed by atoms with Crippen LogP contribution >= 0.6 is 0 Å². The highest BCUT2D eigenvalue weighted by molar-refractivity contribution is 5.92. The van der Waals surface area contributed by atoms with E-state index in [1.54, 1.807) is 24.0 Å². The van der Waals surface area contributed by atoms with Crippen molar-refractivity contribution < 1.29 is 4.79 Å². The Labute approximate surface area is 182 Å². The Hall–Kier alpha value is -2.48. The van der Waals surface area contributed by atoms with E-state index >= 15 is 0 Å². The van der Waals surface area contributed by atoms with Gasteiger partial charge in [0.1, 0.15) is 11.5 Å². The first-order chi connectivity index (χ1) is 15.1. The van der Waals surface area contributed by atoms with Gasteiger partial charge in [-0.1, -0.05) is 19.3 Å². The monoisotopic (exact) mass is 424 g/mol. The molecule has 5 rings (SSSR count). The second-order valence-electron chi connectivity index (χ2n) is 9.24. The molecule has 0 aromatic carbocycles. The molecule has 1 unspecified atom stereocenters. The normalized spacial score (nSPS) is 23.0. The number of nitrogens with one attached hydrogen (secondary N) is 1. The molecule has 1 N–H and O–H groups in total. The number of aromatic nitrogens is 4. The summed E-state index contributed by atoms with van der Waals surface area (Å²) in [4.78, 5) is 38.6. The van der Waals surface area contributed by atoms with Crippen LogP contribution in [0.15, 0.2) is 17.1 Å². The van der Waals surface area contributed by atoms with Crippen LogP contribution in [0.4, 0.5) is 0 Å². The van der Waals surface area contributed by atoms with Crippen molar-refractivity contribution in [1.82, 2.24) is 29.5 Å². The Morgan fingerprint density at radius 1 is 1.10 bits per heavy atom. The molecule has 2 fully saturated rings. The van der Waals surface area contributed by atoms with E-state index in [2.05, 4.69) is 15.0 Å². The molecule has 1 saturated carbocycles. The van der Waals surface area contributed by atoms with Crippen LogP contribution in [0.5, 0.6) is 0 Å². The van der Waals surface area contributed by atoms with Crippen LogP contribution in [0.25, 0.3) is 0 Å². The lowest BCUT2D eigenvalue weighted by atomic mass is 9.92. The lowest BCUT2D eigenvalue weighted by Crippen LogP contribution is -2.44. The van der Waals surface area contributed by atoms with Crippen LogP contribution in [-0.2, 0) is 20.0 Å². The lowest BCUT2D eigenvalue weighted by molar-refractivity contribution is 0.0586. The smallest absolute Gasteiger partial charge is 0.272 e. The van der Waals surface area contributed by atoms with Gasteiger partial charge in [-0.15, -0.1) is 0 Å². The van der Waals surface area contributed by atoms with Crippen LogP contribution < -0.4 is 5.56 Å². The quantitative estimate of drug-likeness (QED) is 0.818. The van der Waals surface area contributed by atoms with Crippen LogP contribution in [0.3, 0.4) is 0 Å². The number of amides is 1. The number of nitrogens with zero attached hydrogens (tertiary/aromatic N) is 5. The maximum absolute atomic E-state index is 13.2. The topological polar surface area (TPSA) is 87.1 Å². The van der Waals surface area contributed by atoms with Crippen molar-refractivity contribution >= 4 is 5.91 Å². The van der Waals surface area contributed by atoms with Gasteiger partial charge in [0.15, 0.2) is 0 Å². The van der Waals surface area contributed by atoms with Gasteiger partial charge in [0, 0.05) is 44.5 Å². The Morgan fingerprint density at radius 3 is 2.68 bits per heavy atom. The second kappa shape index (κ2) is 8.57. The fourth-order valence-electron chi connectivity index (χ4n) is 5.58. The molecule has 166 valence electrons. The predicted octanol–water partition coefficient (Wildman–Crippen LogP) is 2.56. The van der Waals surface area contributed by atoms with Crippen molar-refractivity contribution in [2.75, 3.05) is 13.1 Å². The first-order valence-corrected chi connectivity index (χ1v) is 11.8. The van der Waals surface area contributed by atoms with Gasteiger partial charge < -0.3 is 9.88 Å². The third kappa shape index (κ3) is 3.93. The van der Waals surface area contributed by atoms with Crippen LogP contribution in [0.2, 0.25) is 0 Å². The standard InChI is InChI=1S/C23H32N6O2/c1-27-20(10-12-24-27)23(31)29-13-6-5-9-19(29)21-25-18-15-28(16-7-3-2-4-8-16)14-11-17(18)22(30)26-21/h10,12,16,19H,2-9,11,13-15H2,1H3,(H,25,26,30). The van der Waals surface area contributed by atoms with Gasteiger partial charge in [-0.2, -0.15) is 5.10 Å². The molecule has 1 atom stereocenters. The predicted molar refractivity (Wildman–Crippen MR) is 117 cm³/mol. The first-order valence-electron chi connectivity index (χ1n) is 11.8. The molecule has 2 aromatic rings. The Morgan fingerprint density at radius 2 is 1.90 bits per heavy atom. The highest BCUT2D eigenvalue weighted by Crippen LogP contribution is 2.31. The lowest BCUT2D eigenvalue weighted by Gasteiger charge is -2.38. The largest absolute Gasteiger partial charge is 0.327 e. The molecule has 8 nitrogen and oxygen atoms in total. The summed E-state index contributed by atoms with van der Waals surface area (Å²) in [6.45, 7) is 2.36. The van der Waals surface area contributed by atoms with E-state index in [9.17, 15) is 9.59 Å². The number of carbonyl (C=O) groups is 1. The minimum absolute atomic E-state index is 0.0261. The number of fused-ring (bicyclic) bond motifs is 1. The molecule has 3 aliphatic rings. The summed E-state index contributed by atoms with van der Waals surface area (Å²) < 4.78 is 1.61. The summed E-state index contributed by atoms with van der Waals surface area (Å²) in [5.74, 6) is 0.596. The molecular weight excluding hydrogens is 392 g/mol. The molecule has 31 heavy (non-hydrogen) atoms. The van der Waals surface area contributed by atoms with E-state index < -0.39 is 0 Å². The minimum Gasteiger partial charge on any atom is -0.327 e. The van der Waals surface area contributed by atoms with Crippen molar-refractivity contribution in [2.24, 2.45) is 7.05 Å². The molecule has 2 aliphatic heterocycles. The average Bonchev–Trinajstić information content (AvgIpc) is 3.24. The van der Waals surface area contributed by atoms with Crippen molar-refractivity contribution in [3.63, 3.8) is 0 Å². The third-order valence-corrected chi connectivity index (χ3v) is 7.33. The maximum Gasteiger partial charge on any atom is 0.272 e. The second-order valence-corrected chi connectivity index (χ2v) is 9.24. The molecule has 0 bridgehead atoms. The van der Waals surface area contributed by atoms with Gasteiger partial charge in [-0.25, -0.2) is 4.98 Å². The highest BCUT2D eigenvalue weighted by Gasteiger charge is 2.33. The number of aromatic amines is 1. The van der Waals surface area contributed by atoms with Crippen LogP contribution in [-0.4, -0.2) is 54.6 Å².